The number of ketones is 1. The highest BCUT2D eigenvalue weighted by Crippen LogP contribution is 2.19. The summed E-state index contributed by atoms with van der Waals surface area (Å²) < 4.78 is 12.7. The first-order chi connectivity index (χ1) is 4.61. The molecule has 1 rings (SSSR count). The number of halogens is 1. The Morgan fingerprint density at radius 3 is 2.50 bits per heavy atom. The molecule has 0 amide bonds. The van der Waals surface area contributed by atoms with E-state index in [0.29, 0.717) is 0 Å². The second kappa shape index (κ2) is 2.50. The molecule has 1 nitrogen and oxygen atoms in total. The van der Waals surface area contributed by atoms with Gasteiger partial charge in [0, 0.05) is 11.8 Å². The summed E-state index contributed by atoms with van der Waals surface area (Å²) in [6.07, 6.45) is 0. The van der Waals surface area contributed by atoms with Crippen molar-refractivity contribution in [3.8, 4) is 0 Å². The van der Waals surface area contributed by atoms with Crippen molar-refractivity contribution in [3.05, 3.63) is 21.6 Å². The maximum atomic E-state index is 12.7. The number of rotatable bonds is 1. The van der Waals surface area contributed by atoms with Crippen molar-refractivity contribution in [2.24, 2.45) is 0 Å². The monoisotopic (exact) mass is 158 g/mol. The van der Waals surface area contributed by atoms with Crippen molar-refractivity contribution in [2.45, 2.75) is 13.8 Å². The van der Waals surface area contributed by atoms with E-state index in [1.165, 1.54) is 24.3 Å². The number of carbonyl (C=O) groups is 1. The van der Waals surface area contributed by atoms with E-state index in [1.54, 1.807) is 6.92 Å². The number of hydrogen-bond acceptors (Lipinski definition) is 2. The SMILES string of the molecule is CC(=O)c1sc(C)cc1F. The molecule has 0 aliphatic carbocycles. The number of thiophene rings is 1. The van der Waals surface area contributed by atoms with E-state index in [1.807, 2.05) is 0 Å². The van der Waals surface area contributed by atoms with Crippen LogP contribution in [0.15, 0.2) is 6.07 Å². The second-order valence-electron chi connectivity index (χ2n) is 2.09. The van der Waals surface area contributed by atoms with Gasteiger partial charge in [-0.1, -0.05) is 0 Å². The quantitative estimate of drug-likeness (QED) is 0.573. The van der Waals surface area contributed by atoms with Gasteiger partial charge in [0.15, 0.2) is 5.78 Å². The van der Waals surface area contributed by atoms with Crippen molar-refractivity contribution in [1.29, 1.82) is 0 Å². The molecule has 1 aromatic rings. The third-order valence-electron chi connectivity index (χ3n) is 1.13. The van der Waals surface area contributed by atoms with E-state index in [-0.39, 0.29) is 10.7 Å². The van der Waals surface area contributed by atoms with Crippen LogP contribution in [-0.4, -0.2) is 5.78 Å². The zero-order valence-corrected chi connectivity index (χ0v) is 6.59. The van der Waals surface area contributed by atoms with E-state index in [4.69, 9.17) is 0 Å². The Morgan fingerprint density at radius 1 is 1.70 bits per heavy atom. The van der Waals surface area contributed by atoms with Gasteiger partial charge in [-0.25, -0.2) is 4.39 Å². The summed E-state index contributed by atoms with van der Waals surface area (Å²) in [7, 11) is 0. The van der Waals surface area contributed by atoms with Gasteiger partial charge in [0.1, 0.15) is 10.7 Å². The molecule has 0 N–H and O–H groups in total. The van der Waals surface area contributed by atoms with Gasteiger partial charge < -0.3 is 0 Å². The van der Waals surface area contributed by atoms with Gasteiger partial charge in [-0.05, 0) is 13.0 Å². The van der Waals surface area contributed by atoms with Crippen LogP contribution < -0.4 is 0 Å². The smallest absolute Gasteiger partial charge is 0.172 e. The molecule has 1 aromatic heterocycles. The molecule has 0 saturated heterocycles. The van der Waals surface area contributed by atoms with Crippen molar-refractivity contribution in [1.82, 2.24) is 0 Å². The summed E-state index contributed by atoms with van der Waals surface area (Å²) in [6.45, 7) is 3.15. The topological polar surface area (TPSA) is 17.1 Å². The number of Topliss-reactive ketones (excluding diaryl/α,β-unsaturated/α-hetero) is 1. The predicted molar refractivity (Wildman–Crippen MR) is 39.0 cm³/mol. The predicted octanol–water partition coefficient (Wildman–Crippen LogP) is 2.40. The van der Waals surface area contributed by atoms with Crippen LogP contribution in [0.2, 0.25) is 0 Å². The Bertz CT molecular complexity index is 265. The molecule has 3 heteroatoms. The fourth-order valence-electron chi connectivity index (χ4n) is 0.723. The fraction of sp³-hybridized carbons (Fsp3) is 0.286. The highest BCUT2D eigenvalue weighted by atomic mass is 32.1. The van der Waals surface area contributed by atoms with Crippen LogP contribution >= 0.6 is 11.3 Å². The van der Waals surface area contributed by atoms with E-state index in [2.05, 4.69) is 0 Å². The van der Waals surface area contributed by atoms with Gasteiger partial charge in [0.25, 0.3) is 0 Å². The third kappa shape index (κ3) is 1.24. The molecular formula is C7H7FOS. The van der Waals surface area contributed by atoms with Crippen molar-refractivity contribution in [3.63, 3.8) is 0 Å². The van der Waals surface area contributed by atoms with Crippen LogP contribution in [0.4, 0.5) is 4.39 Å². The molecule has 0 bridgehead atoms. The molecule has 0 unspecified atom stereocenters. The lowest BCUT2D eigenvalue weighted by Gasteiger charge is -1.84. The van der Waals surface area contributed by atoms with Gasteiger partial charge in [-0.15, -0.1) is 11.3 Å². The molecule has 0 atom stereocenters. The molecule has 10 heavy (non-hydrogen) atoms. The van der Waals surface area contributed by atoms with Gasteiger partial charge >= 0.3 is 0 Å². The maximum Gasteiger partial charge on any atom is 0.172 e. The van der Waals surface area contributed by atoms with Crippen molar-refractivity contribution < 1.29 is 9.18 Å². The van der Waals surface area contributed by atoms with Crippen molar-refractivity contribution >= 4 is 17.1 Å². The molecule has 0 spiro atoms. The molecule has 0 aliphatic rings. The average molecular weight is 158 g/mol. The first-order valence-corrected chi connectivity index (χ1v) is 3.70. The average Bonchev–Trinajstić information content (AvgIpc) is 2.10. The molecule has 0 fully saturated rings. The van der Waals surface area contributed by atoms with Crippen LogP contribution in [0.5, 0.6) is 0 Å². The van der Waals surface area contributed by atoms with Gasteiger partial charge in [0.05, 0.1) is 0 Å². The summed E-state index contributed by atoms with van der Waals surface area (Å²) >= 11 is 1.20. The van der Waals surface area contributed by atoms with Gasteiger partial charge in [-0.3, -0.25) is 4.79 Å². The standard InChI is InChI=1S/C7H7FOS/c1-4-3-6(8)7(10-4)5(2)9/h3H,1-2H3. The van der Waals surface area contributed by atoms with Crippen LogP contribution in [0.25, 0.3) is 0 Å². The lowest BCUT2D eigenvalue weighted by molar-refractivity contribution is 0.101. The normalized spacial score (nSPS) is 9.90. The van der Waals surface area contributed by atoms with Crippen LogP contribution in [0.3, 0.4) is 0 Å². The largest absolute Gasteiger partial charge is 0.293 e. The van der Waals surface area contributed by atoms with Gasteiger partial charge in [-0.2, -0.15) is 0 Å². The van der Waals surface area contributed by atoms with Gasteiger partial charge in [0.2, 0.25) is 0 Å². The summed E-state index contributed by atoms with van der Waals surface area (Å²) in [5.74, 6) is -0.592. The van der Waals surface area contributed by atoms with E-state index < -0.39 is 5.82 Å². The summed E-state index contributed by atoms with van der Waals surface area (Å²) in [5, 5.41) is 0. The lowest BCUT2D eigenvalue weighted by atomic mass is 10.3. The first-order valence-electron chi connectivity index (χ1n) is 2.88. The Morgan fingerprint density at radius 2 is 2.30 bits per heavy atom. The summed E-state index contributed by atoms with van der Waals surface area (Å²) in [4.78, 5) is 11.7. The number of carbonyl (C=O) groups excluding carboxylic acids is 1. The Balaban J connectivity index is 3.15. The van der Waals surface area contributed by atoms with Crippen molar-refractivity contribution in [2.75, 3.05) is 0 Å². The van der Waals surface area contributed by atoms with Crippen LogP contribution in [0.1, 0.15) is 21.5 Å². The minimum absolute atomic E-state index is 0.199. The minimum atomic E-state index is -0.394. The zero-order chi connectivity index (χ0) is 7.72. The highest BCUT2D eigenvalue weighted by Gasteiger charge is 2.09. The number of aryl methyl sites for hydroxylation is 1. The first kappa shape index (κ1) is 7.41. The van der Waals surface area contributed by atoms with E-state index in [0.717, 1.165) is 4.88 Å². The lowest BCUT2D eigenvalue weighted by Crippen LogP contribution is -1.88. The summed E-state index contributed by atoms with van der Waals surface area (Å²) in [6, 6.07) is 1.38. The molecule has 1 heterocycles. The molecule has 0 saturated carbocycles. The fourth-order valence-corrected chi connectivity index (χ4v) is 1.51. The summed E-state index contributed by atoms with van der Waals surface area (Å²) in [5.41, 5.74) is 0. The maximum absolute atomic E-state index is 12.7. The van der Waals surface area contributed by atoms with E-state index in [9.17, 15) is 9.18 Å². The third-order valence-corrected chi connectivity index (χ3v) is 2.26. The molecular weight excluding hydrogens is 151 g/mol. The number of hydrogen-bond donors (Lipinski definition) is 0. The zero-order valence-electron chi connectivity index (χ0n) is 5.77. The second-order valence-corrected chi connectivity index (χ2v) is 3.35. The molecule has 54 valence electrons. The highest BCUT2D eigenvalue weighted by molar-refractivity contribution is 7.14. The molecule has 0 radical (unpaired) electrons. The minimum Gasteiger partial charge on any atom is -0.293 e. The molecule has 0 aromatic carbocycles. The Kier molecular flexibility index (Phi) is 1.85. The van der Waals surface area contributed by atoms with Crippen LogP contribution in [0, 0.1) is 12.7 Å². The van der Waals surface area contributed by atoms with E-state index >= 15 is 0 Å². The molecule has 0 aliphatic heterocycles. The van der Waals surface area contributed by atoms with Crippen LogP contribution in [-0.2, 0) is 0 Å². The Labute approximate surface area is 62.5 Å². The Hall–Kier alpha value is -0.700.